The van der Waals surface area contributed by atoms with Crippen molar-refractivity contribution < 1.29 is 0 Å². The molecule has 4 nitrogen and oxygen atoms in total. The van der Waals surface area contributed by atoms with E-state index in [4.69, 9.17) is 4.98 Å². The summed E-state index contributed by atoms with van der Waals surface area (Å²) in [5.41, 5.74) is 22.6. The van der Waals surface area contributed by atoms with Gasteiger partial charge in [0.1, 0.15) is 11.6 Å². The van der Waals surface area contributed by atoms with E-state index >= 15 is 0 Å². The van der Waals surface area contributed by atoms with Gasteiger partial charge in [-0.25, -0.2) is 4.98 Å². The van der Waals surface area contributed by atoms with Gasteiger partial charge < -0.3 is 4.90 Å². The fourth-order valence-corrected chi connectivity index (χ4v) is 14.2. The van der Waals surface area contributed by atoms with Gasteiger partial charge in [0.15, 0.2) is 0 Å². The van der Waals surface area contributed by atoms with Gasteiger partial charge in [-0.05, 0) is 152 Å². The SMILES string of the molecule is CC(C)(C)c1ccc(-c2ccc(-c3nc4c(n3-c3ccccc3)N(c3ccc5c(c3)C(C)(C)CCC5(C)C)c3cc(C(C)(C)C)cc5c3B4c3ccc(C(C)(C)C)c4c3N5C3(C)CCCCC43C)cc2)cc1. The molecule has 1 saturated carbocycles. The van der Waals surface area contributed by atoms with E-state index in [0.29, 0.717) is 0 Å². The lowest BCUT2D eigenvalue weighted by atomic mass is 9.35. The molecule has 2 atom stereocenters. The second-order valence-corrected chi connectivity index (χ2v) is 27.5. The van der Waals surface area contributed by atoms with Gasteiger partial charge in [0.05, 0.1) is 11.1 Å². The number of para-hydroxylation sites is 1. The standard InChI is InChI=1S/C67H77BN4/c1-61(2,3)45-29-27-43(28-30-45)42-23-25-44(26-24-42)59-69-58-60(71(59)47-21-17-16-18-22-47)70(48-31-32-49-51(41-48)65(12,13)38-37-64(49,10)11)53-39-46(62(4,5)6)40-54-56(53)68(58)52-34-33-50(63(7,8)9)55-57(52)72(54)67(15)36-20-19-35-66(55,67)14/h16-18,21-34,39-41H,19-20,35-38H2,1-15H3. The Bertz CT molecular complexity index is 3330. The second-order valence-electron chi connectivity index (χ2n) is 27.5. The first-order chi connectivity index (χ1) is 33.8. The van der Waals surface area contributed by atoms with E-state index in [2.05, 4.69) is 240 Å². The van der Waals surface area contributed by atoms with E-state index in [1.54, 1.807) is 5.56 Å². The maximum absolute atomic E-state index is 6.12. The van der Waals surface area contributed by atoms with Crippen LogP contribution in [0.15, 0.2) is 121 Å². The van der Waals surface area contributed by atoms with Gasteiger partial charge in [-0.3, -0.25) is 9.47 Å². The molecule has 12 rings (SSSR count). The molecule has 0 amide bonds. The Kier molecular flexibility index (Phi) is 10.1. The van der Waals surface area contributed by atoms with Gasteiger partial charge >= 0.3 is 0 Å². The lowest BCUT2D eigenvalue weighted by Gasteiger charge is -2.53. The topological polar surface area (TPSA) is 24.3 Å². The molecule has 5 aliphatic rings. The molecule has 5 heteroatoms. The molecule has 0 saturated heterocycles. The van der Waals surface area contributed by atoms with Crippen LogP contribution in [0, 0.1) is 0 Å². The number of aromatic nitrogens is 2. The summed E-state index contributed by atoms with van der Waals surface area (Å²) in [4.78, 5) is 11.7. The summed E-state index contributed by atoms with van der Waals surface area (Å²) >= 11 is 0. The molecule has 0 radical (unpaired) electrons. The molecule has 2 unspecified atom stereocenters. The zero-order valence-corrected chi connectivity index (χ0v) is 46.2. The minimum absolute atomic E-state index is 0.0212. The highest BCUT2D eigenvalue weighted by molar-refractivity contribution is 7.00. The summed E-state index contributed by atoms with van der Waals surface area (Å²) in [5, 5.41) is 0. The predicted octanol–water partition coefficient (Wildman–Crippen LogP) is 15.8. The highest BCUT2D eigenvalue weighted by Gasteiger charge is 2.63. The van der Waals surface area contributed by atoms with Gasteiger partial charge in [-0.1, -0.05) is 195 Å². The fraction of sp³-hybridized carbons (Fsp3) is 0.418. The Hall–Kier alpha value is -5.81. The van der Waals surface area contributed by atoms with Crippen LogP contribution >= 0.6 is 0 Å². The number of benzene rings is 6. The van der Waals surface area contributed by atoms with Crippen LogP contribution in [0.4, 0.5) is 28.6 Å². The van der Waals surface area contributed by atoms with Crippen LogP contribution in [0.1, 0.15) is 176 Å². The molecule has 1 fully saturated rings. The maximum atomic E-state index is 6.12. The summed E-state index contributed by atoms with van der Waals surface area (Å²) in [5.74, 6) is 2.10. The highest BCUT2D eigenvalue weighted by atomic mass is 15.3. The third-order valence-corrected chi connectivity index (χ3v) is 18.8. The molecule has 0 N–H and O–H groups in total. The fourth-order valence-electron chi connectivity index (χ4n) is 14.2. The van der Waals surface area contributed by atoms with Crippen molar-refractivity contribution in [2.75, 3.05) is 9.80 Å². The number of fused-ring (bicyclic) bond motifs is 8. The molecule has 1 aromatic heterocycles. The van der Waals surface area contributed by atoms with Crippen molar-refractivity contribution in [2.24, 2.45) is 0 Å². The van der Waals surface area contributed by atoms with Crippen LogP contribution in [-0.2, 0) is 32.5 Å². The molecule has 0 spiro atoms. The Balaban J connectivity index is 1.20. The second kappa shape index (κ2) is 15.4. The zero-order valence-electron chi connectivity index (χ0n) is 46.2. The summed E-state index contributed by atoms with van der Waals surface area (Å²) in [6.07, 6.45) is 7.18. The van der Waals surface area contributed by atoms with Gasteiger partial charge in [0.2, 0.25) is 0 Å². The highest BCUT2D eigenvalue weighted by Crippen LogP contribution is 2.64. The molecule has 0 bridgehead atoms. The minimum Gasteiger partial charge on any atom is -0.335 e. The smallest absolute Gasteiger partial charge is 0.277 e. The van der Waals surface area contributed by atoms with E-state index in [9.17, 15) is 0 Å². The Morgan fingerprint density at radius 3 is 1.76 bits per heavy atom. The largest absolute Gasteiger partial charge is 0.335 e. The molecule has 3 aliphatic heterocycles. The monoisotopic (exact) mass is 949 g/mol. The van der Waals surface area contributed by atoms with Crippen LogP contribution in [-0.4, -0.2) is 21.8 Å². The van der Waals surface area contributed by atoms with E-state index in [1.165, 1.54) is 98.3 Å². The lowest BCUT2D eigenvalue weighted by molar-refractivity contribution is 0.193. The third kappa shape index (κ3) is 6.73. The molecular formula is C67H77BN4. The Morgan fingerprint density at radius 1 is 0.528 bits per heavy atom. The molecule has 368 valence electrons. The van der Waals surface area contributed by atoms with Gasteiger partial charge in [0.25, 0.3) is 6.71 Å². The van der Waals surface area contributed by atoms with Crippen LogP contribution in [0.25, 0.3) is 28.2 Å². The molecular weight excluding hydrogens is 872 g/mol. The van der Waals surface area contributed by atoms with Crippen molar-refractivity contribution in [1.82, 2.24) is 9.55 Å². The van der Waals surface area contributed by atoms with Crippen LogP contribution in [0.3, 0.4) is 0 Å². The van der Waals surface area contributed by atoms with Gasteiger partial charge in [-0.15, -0.1) is 0 Å². The number of nitrogens with zero attached hydrogens (tertiary/aromatic N) is 4. The van der Waals surface area contributed by atoms with Crippen molar-refractivity contribution in [2.45, 2.75) is 180 Å². The molecule has 2 aliphatic carbocycles. The van der Waals surface area contributed by atoms with Gasteiger partial charge in [0, 0.05) is 39.4 Å². The molecule has 72 heavy (non-hydrogen) atoms. The number of hydrogen-bond donors (Lipinski definition) is 0. The normalized spacial score (nSPS) is 21.5. The van der Waals surface area contributed by atoms with Crippen molar-refractivity contribution in [3.05, 3.63) is 155 Å². The number of anilines is 5. The zero-order chi connectivity index (χ0) is 50.9. The van der Waals surface area contributed by atoms with Crippen LogP contribution < -0.4 is 26.3 Å². The van der Waals surface area contributed by atoms with Crippen LogP contribution in [0.5, 0.6) is 0 Å². The average molecular weight is 949 g/mol. The Morgan fingerprint density at radius 2 is 1.12 bits per heavy atom. The predicted molar refractivity (Wildman–Crippen MR) is 308 cm³/mol. The van der Waals surface area contributed by atoms with E-state index in [1.807, 2.05) is 0 Å². The van der Waals surface area contributed by atoms with E-state index < -0.39 is 0 Å². The van der Waals surface area contributed by atoms with E-state index in [0.717, 1.165) is 41.3 Å². The molecule has 6 aromatic carbocycles. The Labute approximate surface area is 432 Å². The first-order valence-corrected chi connectivity index (χ1v) is 27.3. The third-order valence-electron chi connectivity index (χ3n) is 18.8. The lowest BCUT2D eigenvalue weighted by Crippen LogP contribution is -2.65. The number of rotatable bonds is 4. The quantitative estimate of drug-likeness (QED) is 0.164. The summed E-state index contributed by atoms with van der Waals surface area (Å²) < 4.78 is 2.52. The summed E-state index contributed by atoms with van der Waals surface area (Å²) in [7, 11) is 0. The summed E-state index contributed by atoms with van der Waals surface area (Å²) in [6.45, 7) is 36.4. The van der Waals surface area contributed by atoms with Crippen molar-refractivity contribution >= 4 is 51.8 Å². The van der Waals surface area contributed by atoms with Gasteiger partial charge in [-0.2, -0.15) is 0 Å². The average Bonchev–Trinajstić information content (AvgIpc) is 3.82. The van der Waals surface area contributed by atoms with Crippen molar-refractivity contribution in [1.29, 1.82) is 0 Å². The van der Waals surface area contributed by atoms with Crippen molar-refractivity contribution in [3.63, 3.8) is 0 Å². The first-order valence-electron chi connectivity index (χ1n) is 27.3. The molecule has 7 aromatic rings. The van der Waals surface area contributed by atoms with E-state index in [-0.39, 0.29) is 44.7 Å². The summed E-state index contributed by atoms with van der Waals surface area (Å²) in [6, 6.07) is 47.3. The number of hydrogen-bond acceptors (Lipinski definition) is 3. The molecule has 4 heterocycles. The maximum Gasteiger partial charge on any atom is 0.277 e. The first kappa shape index (κ1) is 47.2. The van der Waals surface area contributed by atoms with Crippen molar-refractivity contribution in [3.8, 4) is 28.2 Å². The minimum atomic E-state index is -0.110. The van der Waals surface area contributed by atoms with Crippen LogP contribution in [0.2, 0.25) is 0 Å². The number of imidazole rings is 1.